The smallest absolute Gasteiger partial charge is 0.310 e. The van der Waals surface area contributed by atoms with Crippen molar-refractivity contribution in [2.75, 3.05) is 0 Å². The molecule has 4 saturated carbocycles. The summed E-state index contributed by atoms with van der Waals surface area (Å²) in [6, 6.07) is 0. The summed E-state index contributed by atoms with van der Waals surface area (Å²) in [6.07, 6.45) is 7.21. The molecular formula is C30H48O5. The highest BCUT2D eigenvalue weighted by Crippen LogP contribution is 2.76. The Balaban J connectivity index is 1.65. The molecular weight excluding hydrogens is 440 g/mol. The van der Waals surface area contributed by atoms with E-state index < -0.39 is 29.2 Å². The number of aliphatic hydroxyl groups is 3. The summed E-state index contributed by atoms with van der Waals surface area (Å²) in [4.78, 5) is 12.8. The van der Waals surface area contributed by atoms with Crippen molar-refractivity contribution in [3.8, 4) is 0 Å². The number of rotatable bonds is 1. The highest BCUT2D eigenvalue weighted by Gasteiger charge is 2.71. The van der Waals surface area contributed by atoms with E-state index in [1.807, 2.05) is 6.92 Å². The first-order valence-electron chi connectivity index (χ1n) is 14.0. The maximum Gasteiger partial charge on any atom is 0.310 e. The lowest BCUT2D eigenvalue weighted by Gasteiger charge is -2.72. The average Bonchev–Trinajstić information content (AvgIpc) is 2.75. The quantitative estimate of drug-likeness (QED) is 0.382. The summed E-state index contributed by atoms with van der Waals surface area (Å²) in [5.41, 5.74) is -1.46. The third-order valence-electron chi connectivity index (χ3n) is 13.4. The second-order valence-corrected chi connectivity index (χ2v) is 14.9. The van der Waals surface area contributed by atoms with Gasteiger partial charge < -0.3 is 20.4 Å². The number of hydrogen-bond donors (Lipinski definition) is 4. The molecule has 5 heteroatoms. The van der Waals surface area contributed by atoms with Crippen LogP contribution in [0, 0.1) is 50.7 Å². The molecule has 0 heterocycles. The predicted molar refractivity (Wildman–Crippen MR) is 135 cm³/mol. The molecule has 0 aromatic carbocycles. The van der Waals surface area contributed by atoms with Gasteiger partial charge in [-0.25, -0.2) is 0 Å². The average molecular weight is 489 g/mol. The number of carboxylic acids is 1. The molecule has 0 aromatic heterocycles. The van der Waals surface area contributed by atoms with Crippen LogP contribution in [0.1, 0.15) is 99.8 Å². The minimum Gasteiger partial charge on any atom is -0.481 e. The highest BCUT2D eigenvalue weighted by molar-refractivity contribution is 5.77. The number of aliphatic hydroxyl groups excluding tert-OH is 2. The third-order valence-corrected chi connectivity index (χ3v) is 13.4. The van der Waals surface area contributed by atoms with Gasteiger partial charge >= 0.3 is 5.97 Å². The number of aliphatic carboxylic acids is 1. The number of hydrogen-bond acceptors (Lipinski definition) is 4. The van der Waals surface area contributed by atoms with Crippen molar-refractivity contribution in [3.05, 3.63) is 11.6 Å². The standard InChI is InChI=1S/C30H48O5/c1-17-10-13-30(24(33)34)15-14-27(5)18(22(30)29(17,7)35)8-9-21-26(4)16-19(31)23(32)25(2,3)20(26)11-12-28(21,27)6/h8,17,19-23,31-32,35H,9-16H2,1-7H3,(H,33,34)/t17-,19-,20?,21-,22+,23-,26+,27-,28-,29-,30+/m1/s1. The molecule has 198 valence electrons. The normalized spacial score (nSPS) is 57.1. The second-order valence-electron chi connectivity index (χ2n) is 14.9. The Morgan fingerprint density at radius 2 is 1.60 bits per heavy atom. The maximum atomic E-state index is 12.8. The van der Waals surface area contributed by atoms with Gasteiger partial charge in [-0.3, -0.25) is 4.79 Å². The van der Waals surface area contributed by atoms with Crippen LogP contribution in [-0.2, 0) is 4.79 Å². The number of carbonyl (C=O) groups is 1. The molecule has 0 aromatic rings. The lowest BCUT2D eigenvalue weighted by Crippen LogP contribution is -2.68. The SMILES string of the molecule is C[C@@H]1CC[C@]2(C(=O)O)CC[C@]3(C)C(=CC[C@@H]4[C@@]5(C)C[C@@H](O)[C@@H](O)C(C)(C)C5CC[C@]43C)[C@H]2[C@]1(C)O. The summed E-state index contributed by atoms with van der Waals surface area (Å²) < 4.78 is 0. The summed E-state index contributed by atoms with van der Waals surface area (Å²) in [7, 11) is 0. The maximum absolute atomic E-state index is 12.8. The van der Waals surface area contributed by atoms with Crippen LogP contribution < -0.4 is 0 Å². The van der Waals surface area contributed by atoms with Gasteiger partial charge in [-0.1, -0.05) is 53.2 Å². The molecule has 4 N–H and O–H groups in total. The molecule has 11 atom stereocenters. The number of allylic oxidation sites excluding steroid dienone is 1. The Morgan fingerprint density at radius 3 is 2.23 bits per heavy atom. The van der Waals surface area contributed by atoms with Gasteiger partial charge in [0.05, 0.1) is 23.2 Å². The summed E-state index contributed by atoms with van der Waals surface area (Å²) in [5.74, 6) is -0.394. The van der Waals surface area contributed by atoms with Crippen LogP contribution in [-0.4, -0.2) is 44.2 Å². The Morgan fingerprint density at radius 1 is 0.943 bits per heavy atom. The highest BCUT2D eigenvalue weighted by atomic mass is 16.4. The van der Waals surface area contributed by atoms with E-state index in [9.17, 15) is 25.2 Å². The topological polar surface area (TPSA) is 98.0 Å². The minimum absolute atomic E-state index is 0.0535. The fraction of sp³-hybridized carbons (Fsp3) is 0.900. The van der Waals surface area contributed by atoms with Crippen molar-refractivity contribution >= 4 is 5.97 Å². The van der Waals surface area contributed by atoms with E-state index in [0.717, 1.165) is 32.1 Å². The Hall–Kier alpha value is -0.910. The monoisotopic (exact) mass is 488 g/mol. The molecule has 0 saturated heterocycles. The van der Waals surface area contributed by atoms with Crippen molar-refractivity contribution in [1.82, 2.24) is 0 Å². The van der Waals surface area contributed by atoms with Gasteiger partial charge in [-0.15, -0.1) is 0 Å². The summed E-state index contributed by atoms with van der Waals surface area (Å²) >= 11 is 0. The van der Waals surface area contributed by atoms with Gasteiger partial charge in [-0.05, 0) is 97.7 Å². The summed E-state index contributed by atoms with van der Waals surface area (Å²) in [5, 5.41) is 44.3. The molecule has 1 unspecified atom stereocenters. The zero-order valence-corrected chi connectivity index (χ0v) is 22.9. The van der Waals surface area contributed by atoms with Crippen LogP contribution in [0.25, 0.3) is 0 Å². The van der Waals surface area contributed by atoms with Crippen LogP contribution in [0.3, 0.4) is 0 Å². The van der Waals surface area contributed by atoms with E-state index in [1.165, 1.54) is 5.57 Å². The van der Waals surface area contributed by atoms with Gasteiger partial charge in [-0.2, -0.15) is 0 Å². The van der Waals surface area contributed by atoms with Crippen molar-refractivity contribution in [3.63, 3.8) is 0 Å². The zero-order chi connectivity index (χ0) is 26.0. The first-order valence-corrected chi connectivity index (χ1v) is 14.0. The minimum atomic E-state index is -1.05. The van der Waals surface area contributed by atoms with Crippen molar-refractivity contribution < 1.29 is 25.2 Å². The van der Waals surface area contributed by atoms with E-state index >= 15 is 0 Å². The molecule has 4 fully saturated rings. The Bertz CT molecular complexity index is 952. The molecule has 5 aliphatic carbocycles. The first kappa shape index (κ1) is 25.7. The fourth-order valence-corrected chi connectivity index (χ4v) is 11.0. The van der Waals surface area contributed by atoms with Crippen LogP contribution in [0.4, 0.5) is 0 Å². The van der Waals surface area contributed by atoms with Crippen molar-refractivity contribution in [2.45, 2.75) is 118 Å². The number of carboxylic acid groups (broad SMARTS) is 1. The van der Waals surface area contributed by atoms with Crippen LogP contribution in [0.15, 0.2) is 11.6 Å². The fourth-order valence-electron chi connectivity index (χ4n) is 11.0. The van der Waals surface area contributed by atoms with Crippen LogP contribution in [0.2, 0.25) is 0 Å². The van der Waals surface area contributed by atoms with Gasteiger partial charge in [0.25, 0.3) is 0 Å². The molecule has 5 aliphatic rings. The van der Waals surface area contributed by atoms with E-state index in [0.29, 0.717) is 31.1 Å². The molecule has 0 spiro atoms. The molecule has 5 nitrogen and oxygen atoms in total. The van der Waals surface area contributed by atoms with Crippen LogP contribution in [0.5, 0.6) is 0 Å². The van der Waals surface area contributed by atoms with Crippen molar-refractivity contribution in [2.24, 2.45) is 50.7 Å². The van der Waals surface area contributed by atoms with E-state index in [1.54, 1.807) is 0 Å². The molecule has 0 radical (unpaired) electrons. The summed E-state index contributed by atoms with van der Waals surface area (Å²) in [6.45, 7) is 15.3. The Labute approximate surface area is 211 Å². The number of fused-ring (bicyclic) bond motifs is 7. The third kappa shape index (κ3) is 2.90. The lowest BCUT2D eigenvalue weighted by molar-refractivity contribution is -0.237. The molecule has 0 amide bonds. The van der Waals surface area contributed by atoms with Gasteiger partial charge in [0.1, 0.15) is 0 Å². The van der Waals surface area contributed by atoms with E-state index in [4.69, 9.17) is 0 Å². The Kier molecular flexibility index (Phi) is 5.40. The van der Waals surface area contributed by atoms with Gasteiger partial charge in [0, 0.05) is 5.92 Å². The van der Waals surface area contributed by atoms with E-state index in [2.05, 4.69) is 47.6 Å². The molecule has 35 heavy (non-hydrogen) atoms. The molecule has 5 rings (SSSR count). The van der Waals surface area contributed by atoms with Crippen molar-refractivity contribution in [1.29, 1.82) is 0 Å². The largest absolute Gasteiger partial charge is 0.481 e. The zero-order valence-electron chi connectivity index (χ0n) is 22.9. The molecule has 0 bridgehead atoms. The van der Waals surface area contributed by atoms with Crippen LogP contribution >= 0.6 is 0 Å². The first-order chi connectivity index (χ1) is 16.0. The van der Waals surface area contributed by atoms with Gasteiger partial charge in [0.15, 0.2) is 0 Å². The molecule has 0 aliphatic heterocycles. The van der Waals surface area contributed by atoms with E-state index in [-0.39, 0.29) is 33.5 Å². The lowest BCUT2D eigenvalue weighted by atomic mass is 9.33. The van der Waals surface area contributed by atoms with Gasteiger partial charge in [0.2, 0.25) is 0 Å². The predicted octanol–water partition coefficient (Wildman–Crippen LogP) is 5.18. The second kappa shape index (κ2) is 7.35.